The normalized spacial score (nSPS) is 10.4. The summed E-state index contributed by atoms with van der Waals surface area (Å²) in [6.07, 6.45) is 0. The molecule has 0 bridgehead atoms. The number of hydrogen-bond donors (Lipinski definition) is 2. The van der Waals surface area contributed by atoms with Gasteiger partial charge in [0.15, 0.2) is 0 Å². The average molecular weight is 239 g/mol. The molecule has 1 aromatic heterocycles. The lowest BCUT2D eigenvalue weighted by molar-refractivity contribution is 0.218. The highest BCUT2D eigenvalue weighted by molar-refractivity contribution is 7.99. The summed E-state index contributed by atoms with van der Waals surface area (Å²) in [5.74, 6) is 0.921. The van der Waals surface area contributed by atoms with Crippen molar-refractivity contribution in [2.24, 2.45) is 5.73 Å². The molecule has 4 nitrogen and oxygen atoms in total. The fourth-order valence-electron chi connectivity index (χ4n) is 1.47. The van der Waals surface area contributed by atoms with Crippen molar-refractivity contribution < 1.29 is 4.74 Å². The fraction of sp³-hybridized carbons (Fsp3) is 0.455. The number of amidine groups is 1. The van der Waals surface area contributed by atoms with Gasteiger partial charge >= 0.3 is 0 Å². The summed E-state index contributed by atoms with van der Waals surface area (Å²) in [7, 11) is 1.68. The number of aromatic nitrogens is 1. The molecule has 5 heteroatoms. The monoisotopic (exact) mass is 239 g/mol. The fourth-order valence-corrected chi connectivity index (χ4v) is 2.60. The Balaban J connectivity index is 2.99. The number of nitrogens with two attached hydrogens (primary N) is 1. The predicted octanol–water partition coefficient (Wildman–Crippen LogP) is 1.72. The van der Waals surface area contributed by atoms with Gasteiger partial charge in [0.1, 0.15) is 5.84 Å². The van der Waals surface area contributed by atoms with E-state index in [0.29, 0.717) is 6.61 Å². The van der Waals surface area contributed by atoms with Gasteiger partial charge in [-0.05, 0) is 19.9 Å². The number of rotatable bonds is 5. The second-order valence-corrected chi connectivity index (χ2v) is 4.61. The van der Waals surface area contributed by atoms with E-state index in [0.717, 1.165) is 27.6 Å². The van der Waals surface area contributed by atoms with Gasteiger partial charge in [-0.25, -0.2) is 0 Å². The number of methoxy groups -OCH3 is 1. The van der Waals surface area contributed by atoms with Crippen LogP contribution in [0.5, 0.6) is 0 Å². The molecule has 0 aliphatic carbocycles. The molecule has 0 radical (unpaired) electrons. The quantitative estimate of drug-likeness (QED) is 0.355. The molecule has 0 amide bonds. The van der Waals surface area contributed by atoms with Crippen molar-refractivity contribution >= 4 is 17.6 Å². The molecule has 0 spiro atoms. The van der Waals surface area contributed by atoms with E-state index in [-0.39, 0.29) is 5.84 Å². The number of aryl methyl sites for hydroxylation is 2. The lowest BCUT2D eigenvalue weighted by Gasteiger charge is -2.11. The number of pyridine rings is 1. The van der Waals surface area contributed by atoms with E-state index < -0.39 is 0 Å². The first-order chi connectivity index (χ1) is 7.56. The topological polar surface area (TPSA) is 72.0 Å². The first-order valence-electron chi connectivity index (χ1n) is 5.00. The highest BCUT2D eigenvalue weighted by atomic mass is 32.2. The van der Waals surface area contributed by atoms with Gasteiger partial charge < -0.3 is 10.5 Å². The molecule has 0 atom stereocenters. The van der Waals surface area contributed by atoms with E-state index in [1.165, 1.54) is 0 Å². The highest BCUT2D eigenvalue weighted by Crippen LogP contribution is 2.25. The predicted molar refractivity (Wildman–Crippen MR) is 67.3 cm³/mol. The van der Waals surface area contributed by atoms with Crippen LogP contribution in [-0.4, -0.2) is 30.3 Å². The Kier molecular flexibility index (Phi) is 4.76. The van der Waals surface area contributed by atoms with Crippen LogP contribution in [0.3, 0.4) is 0 Å². The van der Waals surface area contributed by atoms with Crippen LogP contribution in [0.2, 0.25) is 0 Å². The molecule has 3 N–H and O–H groups in total. The Morgan fingerprint density at radius 1 is 1.56 bits per heavy atom. The minimum absolute atomic E-state index is 0.0740. The maximum Gasteiger partial charge on any atom is 0.125 e. The minimum atomic E-state index is 0.0740. The van der Waals surface area contributed by atoms with Gasteiger partial charge in [-0.2, -0.15) is 0 Å². The zero-order valence-electron chi connectivity index (χ0n) is 9.83. The van der Waals surface area contributed by atoms with Crippen LogP contribution in [0, 0.1) is 19.3 Å². The lowest BCUT2D eigenvalue weighted by Crippen LogP contribution is -2.15. The molecule has 1 heterocycles. The number of nitrogens with one attached hydrogen (secondary N) is 1. The smallest absolute Gasteiger partial charge is 0.125 e. The lowest BCUT2D eigenvalue weighted by atomic mass is 10.1. The van der Waals surface area contributed by atoms with Crippen LogP contribution >= 0.6 is 11.8 Å². The van der Waals surface area contributed by atoms with Gasteiger partial charge in [-0.15, -0.1) is 11.8 Å². The third-order valence-corrected chi connectivity index (χ3v) is 3.11. The number of hydrogen-bond acceptors (Lipinski definition) is 4. The van der Waals surface area contributed by atoms with Crippen LogP contribution < -0.4 is 5.73 Å². The summed E-state index contributed by atoms with van der Waals surface area (Å²) in [4.78, 5) is 5.33. The van der Waals surface area contributed by atoms with Gasteiger partial charge in [0, 0.05) is 29.1 Å². The first kappa shape index (κ1) is 13.0. The van der Waals surface area contributed by atoms with Gasteiger partial charge in [-0.1, -0.05) is 0 Å². The maximum atomic E-state index is 7.56. The summed E-state index contributed by atoms with van der Waals surface area (Å²) in [5, 5.41) is 7.56. The van der Waals surface area contributed by atoms with Gasteiger partial charge in [0.25, 0.3) is 0 Å². The van der Waals surface area contributed by atoms with Crippen molar-refractivity contribution in [3.05, 3.63) is 23.0 Å². The van der Waals surface area contributed by atoms with Crippen molar-refractivity contribution in [3.8, 4) is 0 Å². The largest absolute Gasteiger partial charge is 0.384 e. The SMILES string of the molecule is COCCSc1cc(C)nc(C)c1C(=N)N. The molecule has 0 aliphatic rings. The van der Waals surface area contributed by atoms with Gasteiger partial charge in [-0.3, -0.25) is 10.4 Å². The second kappa shape index (κ2) is 5.86. The number of thioether (sulfide) groups is 1. The summed E-state index contributed by atoms with van der Waals surface area (Å²) in [6, 6.07) is 1.96. The Hall–Kier alpha value is -1.07. The van der Waals surface area contributed by atoms with Crippen LogP contribution in [-0.2, 0) is 4.74 Å². The molecule has 0 aliphatic heterocycles. The molecule has 1 rings (SSSR count). The third kappa shape index (κ3) is 3.21. The molecule has 0 unspecified atom stereocenters. The van der Waals surface area contributed by atoms with E-state index >= 15 is 0 Å². The van der Waals surface area contributed by atoms with E-state index in [9.17, 15) is 0 Å². The van der Waals surface area contributed by atoms with Crippen LogP contribution in [0.4, 0.5) is 0 Å². The zero-order valence-corrected chi connectivity index (χ0v) is 10.6. The molecule has 0 aromatic carbocycles. The molecular weight excluding hydrogens is 222 g/mol. The number of nitrogen functional groups attached to an aromatic ring is 1. The van der Waals surface area contributed by atoms with Crippen molar-refractivity contribution in [2.45, 2.75) is 18.7 Å². The molecule has 0 saturated carbocycles. The Bertz CT molecular complexity index is 393. The average Bonchev–Trinajstić information content (AvgIpc) is 2.16. The van der Waals surface area contributed by atoms with Crippen LogP contribution in [0.25, 0.3) is 0 Å². The van der Waals surface area contributed by atoms with Crippen molar-refractivity contribution in [3.63, 3.8) is 0 Å². The van der Waals surface area contributed by atoms with E-state index in [4.69, 9.17) is 15.9 Å². The molecule has 0 saturated heterocycles. The molecule has 16 heavy (non-hydrogen) atoms. The Labute approximate surface area is 100 Å². The van der Waals surface area contributed by atoms with E-state index in [1.807, 2.05) is 19.9 Å². The van der Waals surface area contributed by atoms with Crippen molar-refractivity contribution in [1.82, 2.24) is 4.98 Å². The van der Waals surface area contributed by atoms with Crippen LogP contribution in [0.15, 0.2) is 11.0 Å². The molecule has 0 fully saturated rings. The minimum Gasteiger partial charge on any atom is -0.384 e. The van der Waals surface area contributed by atoms with Crippen LogP contribution in [0.1, 0.15) is 17.0 Å². The van der Waals surface area contributed by atoms with Gasteiger partial charge in [0.05, 0.1) is 12.2 Å². The summed E-state index contributed by atoms with van der Waals surface area (Å²) < 4.78 is 5.00. The van der Waals surface area contributed by atoms with Crippen molar-refractivity contribution in [2.75, 3.05) is 19.5 Å². The Morgan fingerprint density at radius 2 is 2.25 bits per heavy atom. The highest BCUT2D eigenvalue weighted by Gasteiger charge is 2.11. The zero-order chi connectivity index (χ0) is 12.1. The molecular formula is C11H17N3OS. The molecule has 88 valence electrons. The van der Waals surface area contributed by atoms with E-state index in [2.05, 4.69) is 4.98 Å². The molecule has 1 aromatic rings. The third-order valence-electron chi connectivity index (χ3n) is 2.11. The first-order valence-corrected chi connectivity index (χ1v) is 5.99. The second-order valence-electron chi connectivity index (χ2n) is 3.48. The summed E-state index contributed by atoms with van der Waals surface area (Å²) >= 11 is 1.64. The van der Waals surface area contributed by atoms with Gasteiger partial charge in [0.2, 0.25) is 0 Å². The standard InChI is InChI=1S/C11H17N3OS/c1-7-6-9(16-5-4-15-3)10(11(12)13)8(2)14-7/h6H,4-5H2,1-3H3,(H3,12,13). The summed E-state index contributed by atoms with van der Waals surface area (Å²) in [6.45, 7) is 4.50. The van der Waals surface area contributed by atoms with E-state index in [1.54, 1.807) is 18.9 Å². The Morgan fingerprint density at radius 3 is 2.81 bits per heavy atom. The number of nitrogens with zero attached hydrogens (tertiary/aromatic N) is 1. The maximum absolute atomic E-state index is 7.56. The summed E-state index contributed by atoms with van der Waals surface area (Å²) in [5.41, 5.74) is 8.07. The van der Waals surface area contributed by atoms with Crippen molar-refractivity contribution in [1.29, 1.82) is 5.41 Å². The number of ether oxygens (including phenoxy) is 1.